The van der Waals surface area contributed by atoms with Crippen molar-refractivity contribution in [2.24, 2.45) is 11.8 Å². The monoisotopic (exact) mass is 581 g/mol. The number of ketones is 1. The molecule has 0 aromatic heterocycles. The average molecular weight is 582 g/mol. The Labute approximate surface area is 246 Å². The highest BCUT2D eigenvalue weighted by molar-refractivity contribution is 7.82. The predicted octanol–water partition coefficient (Wildman–Crippen LogP) is 4.88. The van der Waals surface area contributed by atoms with Crippen LogP contribution in [0.15, 0.2) is 17.0 Å². The van der Waals surface area contributed by atoms with Gasteiger partial charge in [0.25, 0.3) is 0 Å². The van der Waals surface area contributed by atoms with Crippen molar-refractivity contribution in [3.63, 3.8) is 0 Å². The lowest BCUT2D eigenvalue weighted by atomic mass is 9.91. The van der Waals surface area contributed by atoms with Gasteiger partial charge in [-0.05, 0) is 88.2 Å². The molecule has 1 aromatic carbocycles. The Morgan fingerprint density at radius 2 is 1.73 bits per heavy atom. The SMILES string of the molecule is CC.CC[C@@H](C)C1CCN(C(=O)CN2CCCC2)C1.COc1cc(C)c(S(=O)N(C)CCOCC(C)=O)c(C)c1. The van der Waals surface area contributed by atoms with E-state index in [1.165, 1.54) is 32.6 Å². The van der Waals surface area contributed by atoms with E-state index in [0.717, 1.165) is 59.8 Å². The molecule has 0 N–H and O–H groups in total. The molecule has 2 unspecified atom stereocenters. The van der Waals surface area contributed by atoms with Gasteiger partial charge < -0.3 is 14.4 Å². The molecule has 2 heterocycles. The van der Waals surface area contributed by atoms with Crippen LogP contribution in [0.3, 0.4) is 0 Å². The van der Waals surface area contributed by atoms with Gasteiger partial charge in [0.1, 0.15) is 23.3 Å². The van der Waals surface area contributed by atoms with E-state index >= 15 is 0 Å². The van der Waals surface area contributed by atoms with Crippen molar-refractivity contribution >= 4 is 22.7 Å². The van der Waals surface area contributed by atoms with Gasteiger partial charge in [-0.1, -0.05) is 34.1 Å². The van der Waals surface area contributed by atoms with Crippen molar-refractivity contribution in [1.82, 2.24) is 14.1 Å². The van der Waals surface area contributed by atoms with E-state index in [-0.39, 0.29) is 12.4 Å². The number of likely N-dealkylation sites (tertiary alicyclic amines) is 2. The van der Waals surface area contributed by atoms with E-state index < -0.39 is 11.0 Å². The summed E-state index contributed by atoms with van der Waals surface area (Å²) in [5.41, 5.74) is 1.86. The second kappa shape index (κ2) is 19.3. The molecule has 0 bridgehead atoms. The maximum atomic E-state index is 12.6. The number of methoxy groups -OCH3 is 1. The van der Waals surface area contributed by atoms with E-state index in [1.54, 1.807) is 18.5 Å². The molecule has 0 radical (unpaired) electrons. The summed E-state index contributed by atoms with van der Waals surface area (Å²) in [6.45, 7) is 19.7. The maximum Gasteiger partial charge on any atom is 0.236 e. The first kappa shape index (κ1) is 36.2. The lowest BCUT2D eigenvalue weighted by Gasteiger charge is -2.22. The van der Waals surface area contributed by atoms with Gasteiger partial charge in [0.05, 0.1) is 25.2 Å². The summed E-state index contributed by atoms with van der Waals surface area (Å²) >= 11 is 0. The number of hydrogen-bond donors (Lipinski definition) is 0. The molecule has 9 heteroatoms. The topological polar surface area (TPSA) is 79.4 Å². The van der Waals surface area contributed by atoms with Gasteiger partial charge in [-0.2, -0.15) is 0 Å². The van der Waals surface area contributed by atoms with Crippen LogP contribution < -0.4 is 4.74 Å². The molecule has 1 amide bonds. The van der Waals surface area contributed by atoms with Crippen LogP contribution in [0, 0.1) is 25.7 Å². The number of benzene rings is 1. The Morgan fingerprint density at radius 3 is 2.25 bits per heavy atom. The fourth-order valence-corrected chi connectivity index (χ4v) is 6.22. The highest BCUT2D eigenvalue weighted by atomic mass is 32.2. The number of Topliss-reactive ketones (excluding diaryl/α,β-unsaturated/α-hetero) is 1. The second-order valence-electron chi connectivity index (χ2n) is 10.7. The number of carbonyl (C=O) groups excluding carboxylic acids is 2. The third-order valence-corrected chi connectivity index (χ3v) is 9.31. The van der Waals surface area contributed by atoms with Crippen molar-refractivity contribution in [3.05, 3.63) is 23.3 Å². The van der Waals surface area contributed by atoms with Crippen LogP contribution in [-0.2, 0) is 25.3 Å². The maximum absolute atomic E-state index is 12.6. The zero-order valence-electron chi connectivity index (χ0n) is 26.6. The minimum Gasteiger partial charge on any atom is -0.497 e. The summed E-state index contributed by atoms with van der Waals surface area (Å²) in [5, 5.41) is 0. The molecular weight excluding hydrogens is 526 g/mol. The van der Waals surface area contributed by atoms with Crippen LogP contribution in [0.2, 0.25) is 0 Å². The van der Waals surface area contributed by atoms with E-state index in [4.69, 9.17) is 9.47 Å². The van der Waals surface area contributed by atoms with Gasteiger partial charge in [-0.25, -0.2) is 8.51 Å². The molecule has 0 spiro atoms. The second-order valence-corrected chi connectivity index (χ2v) is 12.2. The first-order chi connectivity index (χ1) is 19.1. The van der Waals surface area contributed by atoms with Gasteiger partial charge in [-0.15, -0.1) is 0 Å². The van der Waals surface area contributed by atoms with Gasteiger partial charge in [-0.3, -0.25) is 14.5 Å². The van der Waals surface area contributed by atoms with Crippen LogP contribution in [0.1, 0.15) is 71.4 Å². The van der Waals surface area contributed by atoms with Crippen molar-refractivity contribution in [1.29, 1.82) is 0 Å². The third-order valence-electron chi connectivity index (χ3n) is 7.57. The number of nitrogens with zero attached hydrogens (tertiary/aromatic N) is 3. The van der Waals surface area contributed by atoms with Crippen LogP contribution in [0.4, 0.5) is 0 Å². The lowest BCUT2D eigenvalue weighted by Crippen LogP contribution is -2.38. The first-order valence-electron chi connectivity index (χ1n) is 14.9. The fourth-order valence-electron chi connectivity index (χ4n) is 5.00. The number of hydrogen-bond acceptors (Lipinski definition) is 6. The average Bonchev–Trinajstić information content (AvgIpc) is 3.64. The van der Waals surface area contributed by atoms with E-state index in [2.05, 4.69) is 23.6 Å². The quantitative estimate of drug-likeness (QED) is 0.328. The number of carbonyl (C=O) groups is 2. The molecule has 0 saturated carbocycles. The summed E-state index contributed by atoms with van der Waals surface area (Å²) in [7, 11) is 2.13. The van der Waals surface area contributed by atoms with Crippen LogP contribution in [-0.4, -0.2) is 96.6 Å². The fraction of sp³-hybridized carbons (Fsp3) is 0.742. The van der Waals surface area contributed by atoms with E-state index in [9.17, 15) is 13.8 Å². The standard InChI is InChI=1S/C15H23NO4S.C14H26N2O.C2H6/c1-11-8-14(19-5)9-12(2)15(11)21(18)16(4)6-7-20-10-13(3)17;1-3-12(2)13-6-9-16(10-13)14(17)11-15-7-4-5-8-15;1-2/h8-9H,6-7,10H2,1-5H3;12-13H,3-11H2,1-2H3;1-2H3/t;12-,13?;/m.1./s1. The molecular formula is C31H55N3O5S. The summed E-state index contributed by atoms with van der Waals surface area (Å²) in [6.07, 6.45) is 4.98. The minimum atomic E-state index is -1.26. The number of likely N-dealkylation sites (N-methyl/N-ethyl adjacent to an activating group) is 1. The Hall–Kier alpha value is -1.81. The van der Waals surface area contributed by atoms with Crippen molar-refractivity contribution in [3.8, 4) is 5.75 Å². The molecule has 3 rings (SSSR count). The van der Waals surface area contributed by atoms with Gasteiger partial charge in [0, 0.05) is 26.7 Å². The minimum absolute atomic E-state index is 0.0133. The zero-order valence-corrected chi connectivity index (χ0v) is 27.4. The molecule has 8 nitrogen and oxygen atoms in total. The largest absolute Gasteiger partial charge is 0.497 e. The highest BCUT2D eigenvalue weighted by Gasteiger charge is 2.30. The molecule has 2 fully saturated rings. The lowest BCUT2D eigenvalue weighted by molar-refractivity contribution is -0.131. The smallest absolute Gasteiger partial charge is 0.236 e. The molecule has 3 atom stereocenters. The zero-order chi connectivity index (χ0) is 30.2. The van der Waals surface area contributed by atoms with Gasteiger partial charge >= 0.3 is 0 Å². The molecule has 1 aromatic rings. The number of ether oxygens (including phenoxy) is 2. The Balaban J connectivity index is 0.000000383. The number of aryl methyl sites for hydroxylation is 2. The summed E-state index contributed by atoms with van der Waals surface area (Å²) in [5.74, 6) is 2.61. The summed E-state index contributed by atoms with van der Waals surface area (Å²) < 4.78 is 24.7. The molecule has 2 saturated heterocycles. The number of amides is 1. The van der Waals surface area contributed by atoms with Crippen LogP contribution in [0.25, 0.3) is 0 Å². The number of rotatable bonds is 12. The normalized spacial score (nSPS) is 18.4. The Morgan fingerprint density at radius 1 is 1.12 bits per heavy atom. The van der Waals surface area contributed by atoms with Crippen molar-refractivity contribution < 1.29 is 23.3 Å². The predicted molar refractivity (Wildman–Crippen MR) is 164 cm³/mol. The van der Waals surface area contributed by atoms with E-state index in [0.29, 0.717) is 25.6 Å². The first-order valence-corrected chi connectivity index (χ1v) is 16.0. The highest BCUT2D eigenvalue weighted by Crippen LogP contribution is 2.27. The van der Waals surface area contributed by atoms with Crippen LogP contribution in [0.5, 0.6) is 5.75 Å². The van der Waals surface area contributed by atoms with Crippen LogP contribution >= 0.6 is 0 Å². The Bertz CT molecular complexity index is 913. The molecule has 230 valence electrons. The summed E-state index contributed by atoms with van der Waals surface area (Å²) in [6, 6.07) is 3.75. The Kier molecular flexibility index (Phi) is 17.5. The van der Waals surface area contributed by atoms with Gasteiger partial charge in [0.15, 0.2) is 5.78 Å². The summed E-state index contributed by atoms with van der Waals surface area (Å²) in [4.78, 5) is 28.1. The molecule has 40 heavy (non-hydrogen) atoms. The molecule has 2 aliphatic rings. The van der Waals surface area contributed by atoms with Gasteiger partial charge in [0.2, 0.25) is 5.91 Å². The van der Waals surface area contributed by atoms with Crippen molar-refractivity contribution in [2.75, 3.05) is 66.6 Å². The van der Waals surface area contributed by atoms with E-state index in [1.807, 2.05) is 39.8 Å². The third kappa shape index (κ3) is 12.0. The molecule has 2 aliphatic heterocycles. The van der Waals surface area contributed by atoms with Crippen molar-refractivity contribution in [2.45, 2.75) is 79.0 Å². The molecule has 0 aliphatic carbocycles.